The molecule has 0 spiro atoms. The molecule has 0 saturated carbocycles. The minimum absolute atomic E-state index is 0.0110. The molecule has 0 aliphatic carbocycles. The number of hydrogen-bond donors (Lipinski definition) is 4. The van der Waals surface area contributed by atoms with Crippen LogP contribution in [0.1, 0.15) is 49.3 Å². The van der Waals surface area contributed by atoms with Crippen LogP contribution in [0.4, 0.5) is 0 Å². The first-order valence-corrected chi connectivity index (χ1v) is 13.0. The van der Waals surface area contributed by atoms with Crippen molar-refractivity contribution in [3.05, 3.63) is 65.2 Å². The molecule has 0 saturated heterocycles. The van der Waals surface area contributed by atoms with Gasteiger partial charge in [0.1, 0.15) is 5.84 Å². The molecule has 0 radical (unpaired) electrons. The number of nitrogens with two attached hydrogens (primary N) is 1. The number of carbonyl (C=O) groups is 2. The number of nitrogens with one attached hydrogen (secondary N) is 3. The number of unbranched alkanes of at least 4 members (excludes halogenated alkanes) is 1. The maximum absolute atomic E-state index is 12.6. The average Bonchev–Trinajstić information content (AvgIpc) is 2.81. The molecule has 0 fully saturated rings. The summed E-state index contributed by atoms with van der Waals surface area (Å²) in [6.07, 6.45) is 2.18. The predicted molar refractivity (Wildman–Crippen MR) is 135 cm³/mol. The molecule has 0 aliphatic rings. The normalized spacial score (nSPS) is 12.1. The van der Waals surface area contributed by atoms with Gasteiger partial charge in [0.25, 0.3) is 0 Å². The Hall–Kier alpha value is -3.24. The van der Waals surface area contributed by atoms with Gasteiger partial charge in [0.05, 0.1) is 24.0 Å². The molecule has 190 valence electrons. The minimum atomic E-state index is -3.79. The summed E-state index contributed by atoms with van der Waals surface area (Å²) in [6, 6.07) is 13.1. The largest absolute Gasteiger partial charge is 0.466 e. The fourth-order valence-corrected chi connectivity index (χ4v) is 4.50. The third-order valence-electron chi connectivity index (χ3n) is 5.29. The molecule has 2 rings (SSSR count). The first kappa shape index (κ1) is 28.0. The van der Waals surface area contributed by atoms with E-state index in [0.29, 0.717) is 12.0 Å². The van der Waals surface area contributed by atoms with E-state index in [1.807, 2.05) is 25.1 Å². The van der Waals surface area contributed by atoms with Crippen LogP contribution >= 0.6 is 0 Å². The number of sulfonamides is 1. The fourth-order valence-electron chi connectivity index (χ4n) is 3.42. The summed E-state index contributed by atoms with van der Waals surface area (Å²) in [7, 11) is -3.79. The van der Waals surface area contributed by atoms with Crippen molar-refractivity contribution >= 4 is 27.7 Å². The monoisotopic (exact) mass is 502 g/mol. The van der Waals surface area contributed by atoms with Gasteiger partial charge in [0.15, 0.2) is 0 Å². The smallest absolute Gasteiger partial charge is 0.307 e. The maximum Gasteiger partial charge on any atom is 0.307 e. The zero-order valence-electron chi connectivity index (χ0n) is 20.2. The fraction of sp³-hybridized carbons (Fsp3) is 0.400. The Labute approximate surface area is 207 Å². The lowest BCUT2D eigenvalue weighted by molar-refractivity contribution is -0.143. The highest BCUT2D eigenvalue weighted by atomic mass is 32.2. The van der Waals surface area contributed by atoms with Crippen LogP contribution in [0.25, 0.3) is 0 Å². The third kappa shape index (κ3) is 9.87. The van der Waals surface area contributed by atoms with Gasteiger partial charge < -0.3 is 15.8 Å². The van der Waals surface area contributed by atoms with Gasteiger partial charge in [-0.15, -0.1) is 0 Å². The van der Waals surface area contributed by atoms with E-state index in [0.717, 1.165) is 24.0 Å². The topological polar surface area (TPSA) is 151 Å². The van der Waals surface area contributed by atoms with E-state index < -0.39 is 22.0 Å². The van der Waals surface area contributed by atoms with Crippen LogP contribution in [0, 0.1) is 12.3 Å². The van der Waals surface area contributed by atoms with Crippen molar-refractivity contribution < 1.29 is 22.7 Å². The third-order valence-corrected chi connectivity index (χ3v) is 6.73. The average molecular weight is 503 g/mol. The Kier molecular flexibility index (Phi) is 10.9. The summed E-state index contributed by atoms with van der Waals surface area (Å²) < 4.78 is 32.6. The Bertz CT molecular complexity index is 1120. The number of esters is 1. The summed E-state index contributed by atoms with van der Waals surface area (Å²) in [5.74, 6) is -0.777. The lowest BCUT2D eigenvalue weighted by Crippen LogP contribution is -2.45. The van der Waals surface area contributed by atoms with E-state index in [9.17, 15) is 18.0 Å². The van der Waals surface area contributed by atoms with Crippen LogP contribution < -0.4 is 15.8 Å². The number of aryl methyl sites for hydroxylation is 2. The minimum Gasteiger partial charge on any atom is -0.466 e. The van der Waals surface area contributed by atoms with E-state index in [1.165, 1.54) is 12.1 Å². The molecule has 0 aromatic heterocycles. The zero-order valence-corrected chi connectivity index (χ0v) is 21.0. The van der Waals surface area contributed by atoms with Gasteiger partial charge in [0.2, 0.25) is 15.9 Å². The van der Waals surface area contributed by atoms with Crippen LogP contribution in [-0.2, 0) is 30.8 Å². The predicted octanol–water partition coefficient (Wildman–Crippen LogP) is 2.41. The number of amides is 1. The lowest BCUT2D eigenvalue weighted by Gasteiger charge is -2.19. The molecule has 10 heteroatoms. The second-order valence-corrected chi connectivity index (χ2v) is 10.0. The molecule has 9 nitrogen and oxygen atoms in total. The van der Waals surface area contributed by atoms with Crippen LogP contribution in [0.15, 0.2) is 53.4 Å². The molecule has 0 bridgehead atoms. The van der Waals surface area contributed by atoms with Crippen molar-refractivity contribution in [2.24, 2.45) is 5.73 Å². The molecule has 0 aliphatic heterocycles. The van der Waals surface area contributed by atoms with Crippen molar-refractivity contribution in [2.75, 3.05) is 13.2 Å². The number of benzene rings is 2. The highest BCUT2D eigenvalue weighted by molar-refractivity contribution is 7.89. The maximum atomic E-state index is 12.6. The van der Waals surface area contributed by atoms with Crippen molar-refractivity contribution in [3.63, 3.8) is 0 Å². The van der Waals surface area contributed by atoms with E-state index in [2.05, 4.69) is 10.0 Å². The Morgan fingerprint density at radius 1 is 1.11 bits per heavy atom. The summed E-state index contributed by atoms with van der Waals surface area (Å²) in [5, 5.41) is 10.3. The summed E-state index contributed by atoms with van der Waals surface area (Å²) in [5.41, 5.74) is 8.15. The molecule has 5 N–H and O–H groups in total. The van der Waals surface area contributed by atoms with Crippen molar-refractivity contribution in [2.45, 2.75) is 56.9 Å². The standard InChI is InChI=1S/C25H34N4O5S/c1-3-34-24(31)16-21(17-28-35(32,33)22-13-11-18(2)12-14-22)29-23(30)10-5-4-7-19-8-6-9-20(15-19)25(26)27/h6,8-9,11-15,21,28H,3-5,7,10,16-17H2,1-2H3,(H3,26,27)(H,29,30). The second-order valence-electron chi connectivity index (χ2n) is 8.26. The van der Waals surface area contributed by atoms with Crippen molar-refractivity contribution in [1.29, 1.82) is 5.41 Å². The van der Waals surface area contributed by atoms with E-state index in [4.69, 9.17) is 15.9 Å². The van der Waals surface area contributed by atoms with Gasteiger partial charge in [-0.1, -0.05) is 35.9 Å². The summed E-state index contributed by atoms with van der Waals surface area (Å²) >= 11 is 0. The molecular weight excluding hydrogens is 468 g/mol. The number of nitrogen functional groups attached to an aromatic ring is 1. The summed E-state index contributed by atoms with van der Waals surface area (Å²) in [4.78, 5) is 24.6. The SMILES string of the molecule is CCOC(=O)CC(CNS(=O)(=O)c1ccc(C)cc1)NC(=O)CCCCc1cccc(C(=N)N)c1. The van der Waals surface area contributed by atoms with Gasteiger partial charge in [-0.2, -0.15) is 0 Å². The van der Waals surface area contributed by atoms with Crippen LogP contribution in [0.2, 0.25) is 0 Å². The van der Waals surface area contributed by atoms with E-state index in [-0.39, 0.29) is 42.6 Å². The van der Waals surface area contributed by atoms with E-state index in [1.54, 1.807) is 25.1 Å². The first-order valence-electron chi connectivity index (χ1n) is 11.6. The van der Waals surface area contributed by atoms with Gasteiger partial charge in [-0.05, 0) is 56.9 Å². The number of amidine groups is 1. The van der Waals surface area contributed by atoms with Gasteiger partial charge >= 0.3 is 5.97 Å². The zero-order chi connectivity index (χ0) is 25.8. The molecule has 35 heavy (non-hydrogen) atoms. The molecule has 1 unspecified atom stereocenters. The number of hydrogen-bond acceptors (Lipinski definition) is 6. The molecule has 0 heterocycles. The van der Waals surface area contributed by atoms with Crippen LogP contribution in [0.5, 0.6) is 0 Å². The molecule has 1 amide bonds. The van der Waals surface area contributed by atoms with Crippen LogP contribution in [0.3, 0.4) is 0 Å². The highest BCUT2D eigenvalue weighted by Crippen LogP contribution is 2.11. The second kappa shape index (κ2) is 13.6. The van der Waals surface area contributed by atoms with Crippen molar-refractivity contribution in [1.82, 2.24) is 10.0 Å². The summed E-state index contributed by atoms with van der Waals surface area (Å²) in [6.45, 7) is 3.59. The Balaban J connectivity index is 1.89. The molecular formula is C25H34N4O5S. The molecule has 2 aromatic rings. The quantitative estimate of drug-likeness (QED) is 0.135. The number of rotatable bonds is 14. The Morgan fingerprint density at radius 3 is 2.49 bits per heavy atom. The van der Waals surface area contributed by atoms with Gasteiger partial charge in [-0.3, -0.25) is 15.0 Å². The van der Waals surface area contributed by atoms with Gasteiger partial charge in [-0.25, -0.2) is 13.1 Å². The van der Waals surface area contributed by atoms with Gasteiger partial charge in [0, 0.05) is 18.5 Å². The lowest BCUT2D eigenvalue weighted by atomic mass is 10.0. The highest BCUT2D eigenvalue weighted by Gasteiger charge is 2.21. The van der Waals surface area contributed by atoms with Crippen molar-refractivity contribution in [3.8, 4) is 0 Å². The first-order chi connectivity index (χ1) is 16.6. The number of ether oxygens (including phenoxy) is 1. The Morgan fingerprint density at radius 2 is 1.83 bits per heavy atom. The van der Waals surface area contributed by atoms with Crippen LogP contribution in [-0.4, -0.2) is 45.3 Å². The van der Waals surface area contributed by atoms with E-state index >= 15 is 0 Å². The molecule has 2 aromatic carbocycles. The number of carbonyl (C=O) groups excluding carboxylic acids is 2. The molecule has 1 atom stereocenters.